The van der Waals surface area contributed by atoms with E-state index in [1.54, 1.807) is 0 Å². The number of hydrogen-bond donors (Lipinski definition) is 1. The number of ether oxygens (including phenoxy) is 1. The molecule has 2 nitrogen and oxygen atoms in total. The highest BCUT2D eigenvalue weighted by atomic mass is 16.5. The van der Waals surface area contributed by atoms with Gasteiger partial charge in [0.25, 0.3) is 0 Å². The monoisotopic (exact) mass is 203 g/mol. The molecule has 2 atom stereocenters. The van der Waals surface area contributed by atoms with Gasteiger partial charge >= 0.3 is 0 Å². The Bertz CT molecular complexity index is 344. The van der Waals surface area contributed by atoms with Crippen LogP contribution < -0.4 is 5.32 Å². The van der Waals surface area contributed by atoms with Crippen LogP contribution in [0.3, 0.4) is 0 Å². The molecule has 0 bridgehead atoms. The summed E-state index contributed by atoms with van der Waals surface area (Å²) in [6.45, 7) is 2.02. The van der Waals surface area contributed by atoms with E-state index in [2.05, 4.69) is 29.6 Å². The third-order valence-electron chi connectivity index (χ3n) is 3.49. The number of rotatable bonds is 1. The summed E-state index contributed by atoms with van der Waals surface area (Å²) in [5.74, 6) is 0. The summed E-state index contributed by atoms with van der Waals surface area (Å²) in [4.78, 5) is 0. The van der Waals surface area contributed by atoms with E-state index in [9.17, 15) is 0 Å². The first kappa shape index (κ1) is 9.37. The molecule has 3 rings (SSSR count). The lowest BCUT2D eigenvalue weighted by Gasteiger charge is -2.30. The Kier molecular flexibility index (Phi) is 2.47. The van der Waals surface area contributed by atoms with Gasteiger partial charge in [-0.2, -0.15) is 0 Å². The Morgan fingerprint density at radius 2 is 2.20 bits per heavy atom. The average Bonchev–Trinajstić information content (AvgIpc) is 2.82. The molecule has 15 heavy (non-hydrogen) atoms. The van der Waals surface area contributed by atoms with Crippen molar-refractivity contribution in [3.8, 4) is 0 Å². The molecule has 0 aliphatic carbocycles. The van der Waals surface area contributed by atoms with Crippen LogP contribution in [0.4, 0.5) is 0 Å². The second kappa shape index (κ2) is 3.95. The van der Waals surface area contributed by atoms with E-state index >= 15 is 0 Å². The van der Waals surface area contributed by atoms with Gasteiger partial charge in [0.15, 0.2) is 0 Å². The smallest absolute Gasteiger partial charge is 0.0770 e. The third kappa shape index (κ3) is 1.68. The van der Waals surface area contributed by atoms with Crippen LogP contribution in [0.15, 0.2) is 24.3 Å². The first-order valence-electron chi connectivity index (χ1n) is 5.88. The zero-order valence-electron chi connectivity index (χ0n) is 8.91. The van der Waals surface area contributed by atoms with E-state index in [4.69, 9.17) is 4.74 Å². The number of hydrogen-bond acceptors (Lipinski definition) is 2. The molecular weight excluding hydrogens is 186 g/mol. The Hall–Kier alpha value is -0.860. The summed E-state index contributed by atoms with van der Waals surface area (Å²) in [5.41, 5.74) is 2.95. The maximum absolute atomic E-state index is 5.79. The average molecular weight is 203 g/mol. The SMILES string of the molecule is c1ccc2c(c1)CCN[C@H]2C1CCCO1. The largest absolute Gasteiger partial charge is 0.376 e. The summed E-state index contributed by atoms with van der Waals surface area (Å²) in [6, 6.07) is 9.19. The molecule has 0 saturated carbocycles. The minimum absolute atomic E-state index is 0.395. The van der Waals surface area contributed by atoms with Crippen molar-refractivity contribution in [1.29, 1.82) is 0 Å². The van der Waals surface area contributed by atoms with Crippen molar-refractivity contribution in [2.24, 2.45) is 0 Å². The molecule has 80 valence electrons. The van der Waals surface area contributed by atoms with Gasteiger partial charge in [-0.25, -0.2) is 0 Å². The van der Waals surface area contributed by atoms with E-state index in [1.165, 1.54) is 24.0 Å². The molecule has 2 aliphatic heterocycles. The maximum atomic E-state index is 5.79. The molecule has 0 aromatic heterocycles. The molecule has 2 aliphatic rings. The van der Waals surface area contributed by atoms with Crippen molar-refractivity contribution >= 4 is 0 Å². The van der Waals surface area contributed by atoms with Crippen molar-refractivity contribution in [3.63, 3.8) is 0 Å². The van der Waals surface area contributed by atoms with Crippen LogP contribution in [0.5, 0.6) is 0 Å². The topological polar surface area (TPSA) is 21.3 Å². The molecular formula is C13H17NO. The highest BCUT2D eigenvalue weighted by Gasteiger charge is 2.30. The van der Waals surface area contributed by atoms with Crippen molar-refractivity contribution < 1.29 is 4.74 Å². The molecule has 0 amide bonds. The zero-order chi connectivity index (χ0) is 10.1. The summed E-state index contributed by atoms with van der Waals surface area (Å²) >= 11 is 0. The van der Waals surface area contributed by atoms with E-state index < -0.39 is 0 Å². The summed E-state index contributed by atoms with van der Waals surface area (Å²) < 4.78 is 5.79. The number of nitrogens with one attached hydrogen (secondary N) is 1. The predicted octanol–water partition coefficient (Wildman–Crippen LogP) is 2.05. The Morgan fingerprint density at radius 1 is 1.27 bits per heavy atom. The van der Waals surface area contributed by atoms with Gasteiger partial charge in [-0.3, -0.25) is 0 Å². The predicted molar refractivity (Wildman–Crippen MR) is 59.9 cm³/mol. The molecule has 1 saturated heterocycles. The first-order valence-corrected chi connectivity index (χ1v) is 5.88. The van der Waals surface area contributed by atoms with Crippen LogP contribution >= 0.6 is 0 Å². The van der Waals surface area contributed by atoms with Crippen molar-refractivity contribution in [1.82, 2.24) is 5.32 Å². The Labute approximate surface area is 90.6 Å². The number of benzene rings is 1. The lowest BCUT2D eigenvalue weighted by Crippen LogP contribution is -2.37. The second-order valence-corrected chi connectivity index (χ2v) is 4.43. The first-order chi connectivity index (χ1) is 7.45. The summed E-state index contributed by atoms with van der Waals surface area (Å²) in [7, 11) is 0. The zero-order valence-corrected chi connectivity index (χ0v) is 8.91. The van der Waals surface area contributed by atoms with Crippen LogP contribution in [-0.2, 0) is 11.2 Å². The lowest BCUT2D eigenvalue weighted by atomic mass is 9.90. The van der Waals surface area contributed by atoms with Gasteiger partial charge in [0.05, 0.1) is 12.1 Å². The summed E-state index contributed by atoms with van der Waals surface area (Å²) in [5, 5.41) is 3.59. The van der Waals surface area contributed by atoms with E-state index in [0.29, 0.717) is 12.1 Å². The van der Waals surface area contributed by atoms with Crippen LogP contribution in [0.1, 0.15) is 30.0 Å². The Morgan fingerprint density at radius 3 is 3.07 bits per heavy atom. The fourth-order valence-electron chi connectivity index (χ4n) is 2.73. The molecule has 1 aromatic rings. The van der Waals surface area contributed by atoms with Crippen molar-refractivity contribution in [3.05, 3.63) is 35.4 Å². The fraction of sp³-hybridized carbons (Fsp3) is 0.538. The van der Waals surface area contributed by atoms with Gasteiger partial charge in [-0.1, -0.05) is 24.3 Å². The van der Waals surface area contributed by atoms with Crippen LogP contribution in [0.25, 0.3) is 0 Å². The molecule has 1 unspecified atom stereocenters. The van der Waals surface area contributed by atoms with Crippen molar-refractivity contribution in [2.45, 2.75) is 31.4 Å². The molecule has 1 aromatic carbocycles. The van der Waals surface area contributed by atoms with E-state index in [1.807, 2.05) is 0 Å². The Balaban J connectivity index is 1.91. The number of fused-ring (bicyclic) bond motifs is 1. The maximum Gasteiger partial charge on any atom is 0.0770 e. The lowest BCUT2D eigenvalue weighted by molar-refractivity contribution is 0.0762. The quantitative estimate of drug-likeness (QED) is 0.754. The van der Waals surface area contributed by atoms with E-state index in [0.717, 1.165) is 19.6 Å². The second-order valence-electron chi connectivity index (χ2n) is 4.43. The van der Waals surface area contributed by atoms with E-state index in [-0.39, 0.29) is 0 Å². The highest BCUT2D eigenvalue weighted by Crippen LogP contribution is 2.31. The van der Waals surface area contributed by atoms with Gasteiger partial charge in [0, 0.05) is 6.61 Å². The highest BCUT2D eigenvalue weighted by molar-refractivity contribution is 5.33. The fourth-order valence-corrected chi connectivity index (χ4v) is 2.73. The third-order valence-corrected chi connectivity index (χ3v) is 3.49. The van der Waals surface area contributed by atoms with Crippen LogP contribution in [0.2, 0.25) is 0 Å². The van der Waals surface area contributed by atoms with Crippen molar-refractivity contribution in [2.75, 3.05) is 13.2 Å². The molecule has 0 radical (unpaired) electrons. The standard InChI is InChI=1S/C13H17NO/c1-2-5-11-10(4-1)7-8-14-13(11)12-6-3-9-15-12/h1-2,4-5,12-14H,3,6-9H2/t12?,13-/m1/s1. The van der Waals surface area contributed by atoms with Gasteiger partial charge in [0.1, 0.15) is 0 Å². The molecule has 0 spiro atoms. The molecule has 2 heterocycles. The van der Waals surface area contributed by atoms with Crippen LogP contribution in [-0.4, -0.2) is 19.3 Å². The normalized spacial score (nSPS) is 30.1. The van der Waals surface area contributed by atoms with Gasteiger partial charge in [0.2, 0.25) is 0 Å². The summed E-state index contributed by atoms with van der Waals surface area (Å²) in [6.07, 6.45) is 3.96. The van der Waals surface area contributed by atoms with Gasteiger partial charge in [-0.05, 0) is 36.9 Å². The minimum Gasteiger partial charge on any atom is -0.376 e. The minimum atomic E-state index is 0.395. The molecule has 1 fully saturated rings. The van der Waals surface area contributed by atoms with Gasteiger partial charge < -0.3 is 10.1 Å². The van der Waals surface area contributed by atoms with Gasteiger partial charge in [-0.15, -0.1) is 0 Å². The molecule has 1 N–H and O–H groups in total. The van der Waals surface area contributed by atoms with Crippen LogP contribution in [0, 0.1) is 0 Å². The molecule has 2 heteroatoms.